The van der Waals surface area contributed by atoms with Gasteiger partial charge in [0.2, 0.25) is 17.7 Å². The summed E-state index contributed by atoms with van der Waals surface area (Å²) in [6, 6.07) is 12.7. The fourth-order valence-corrected chi connectivity index (χ4v) is 12.9. The van der Waals surface area contributed by atoms with Crippen molar-refractivity contribution in [2.75, 3.05) is 26.2 Å². The number of urea groups is 2. The van der Waals surface area contributed by atoms with Gasteiger partial charge in [-0.1, -0.05) is 124 Å². The minimum absolute atomic E-state index is 0. The fourth-order valence-electron chi connectivity index (χ4n) is 12.9. The van der Waals surface area contributed by atoms with Crippen LogP contribution in [0.2, 0.25) is 0 Å². The first kappa shape index (κ1) is 97.4. The first-order valence-electron chi connectivity index (χ1n) is 32.7. The standard InChI is InChI=1S/C35H45N6O5.C21H36N5O3.C10H17N2O2.2CH4.3CH3.3Y/c1-3-25(19-38-40-34(44)37-18-22-13-15-23(16-14-22)32(42)4-2)39-33(43)31-17-24(36)20-41(31)35(45)46-21-30-28-11-7-5-9-26(28)27-10-6-8-12-29(27)30;1-3-18(25-20(28)16-9-10-17(22)11-16)13-24-26-21(29)23-12-14-5-7-15(8-6-14)19(27)4-2;1-2-9(6-13)12-10(14)7-3-4-8(11)5-7;;;;;;;;/h5-12,19,22-25,30-31,36H,3-4,13-18,20-21H2,1-2H3,(H,39,43)(H2,37,40,44);13-18,22H,3-12H2,1-2H3,(H,25,28)(H2,23,26,29);6-9,11H,2-5H2,1H3,(H,12,14);2*1H4;3*1H3;;;/q3*-1;;;3*-1;;;/b38-19+;24-13+;;;;;;;;;/t22?,23?,24-,25+,31+;14?,15?,16-,17-,18-;7-,8-,9-;;;;;;;;/m100......../s1. The SMILES string of the molecule is C.C.CCC(=O)C1CCC(CNC(=O)N/N=C/[C@H](CC)NC(=O)[C@@H]2C[C@@H]([NH-])CN2C(=O)OCC2c3ccccc3-c3ccccc32)CC1.CCC(=O)C1CCC(CNC(=O)N/N=C/[C@H](CC)NC(=O)[C@H]2CC[C@H]([NH-])C2)CC1.CC[C@@H](C=O)NC(=O)[C@H]1CC[C@H]([NH-])C1.[CH3-].[CH3-].[CH3-].[Y].[Y].[Y]. The van der Waals surface area contributed by atoms with E-state index in [1.807, 2.05) is 71.0 Å². The fraction of sp³-hybridized carbons (Fsp3) is 0.634. The van der Waals surface area contributed by atoms with Crippen LogP contribution >= 0.6 is 0 Å². The molecule has 5 aliphatic carbocycles. The van der Waals surface area contributed by atoms with Gasteiger partial charge >= 0.3 is 18.2 Å². The molecule has 0 bridgehead atoms. The third-order valence-corrected chi connectivity index (χ3v) is 18.5. The molecule has 0 unspecified atom stereocenters. The molecule has 2 aromatic carbocycles. The van der Waals surface area contributed by atoms with Crippen LogP contribution in [0.3, 0.4) is 0 Å². The van der Waals surface area contributed by atoms with Crippen LogP contribution in [0.4, 0.5) is 14.4 Å². The number of hydrogen-bond donors (Lipinski definition) is 7. The number of nitrogens with one attached hydrogen (secondary N) is 10. The molecule has 1 saturated heterocycles. The van der Waals surface area contributed by atoms with Gasteiger partial charge in [0.1, 0.15) is 30.5 Å². The zero-order valence-electron chi connectivity index (χ0n) is 57.6. The number of hydrogen-bond acceptors (Lipinski definition) is 12. The van der Waals surface area contributed by atoms with Crippen LogP contribution in [-0.2, 0) is 132 Å². The quantitative estimate of drug-likeness (QED) is 0.0225. The molecule has 1 heterocycles. The smallest absolute Gasteiger partial charge is 0.410 e. The molecule has 23 nitrogen and oxygen atoms in total. The molecule has 97 heavy (non-hydrogen) atoms. The zero-order valence-corrected chi connectivity index (χ0v) is 66.1. The van der Waals surface area contributed by atoms with Gasteiger partial charge in [-0.3, -0.25) is 28.9 Å². The summed E-state index contributed by atoms with van der Waals surface area (Å²) in [6.45, 7) is 10.8. The van der Waals surface area contributed by atoms with E-state index < -0.39 is 30.2 Å². The van der Waals surface area contributed by atoms with Gasteiger partial charge in [-0.15, -0.1) is 18.1 Å². The summed E-state index contributed by atoms with van der Waals surface area (Å²) in [6.07, 6.45) is 18.1. The molecule has 2 aromatic rings. The van der Waals surface area contributed by atoms with E-state index in [4.69, 9.17) is 21.9 Å². The Hall–Kier alpha value is -3.80. The number of ether oxygens (including phenoxy) is 1. The van der Waals surface area contributed by atoms with Gasteiger partial charge < -0.3 is 75.6 Å². The van der Waals surface area contributed by atoms with Gasteiger partial charge in [0.25, 0.3) is 0 Å². The van der Waals surface area contributed by atoms with Gasteiger partial charge in [-0.25, -0.2) is 25.2 Å². The van der Waals surface area contributed by atoms with Gasteiger partial charge in [0, 0.05) is 173 Å². The zero-order chi connectivity index (χ0) is 64.4. The van der Waals surface area contributed by atoms with Crippen LogP contribution in [-0.4, -0.2) is 140 Å². The monoisotopic (exact) mass is 1580 g/mol. The van der Waals surface area contributed by atoms with E-state index in [2.05, 4.69) is 59.8 Å². The van der Waals surface area contributed by atoms with Gasteiger partial charge in [-0.2, -0.15) is 10.2 Å². The topological polar surface area (TPSA) is 346 Å². The number of likely N-dealkylation sites (tertiary alicyclic amines) is 1. The molecule has 539 valence electrons. The van der Waals surface area contributed by atoms with Crippen molar-refractivity contribution in [1.82, 2.24) is 42.3 Å². The van der Waals surface area contributed by atoms with Crippen LogP contribution in [0, 0.1) is 57.8 Å². The minimum Gasteiger partial charge on any atom is -0.675 e. The Morgan fingerprint density at radius 1 is 0.526 bits per heavy atom. The van der Waals surface area contributed by atoms with Gasteiger partial charge in [0.05, 0.1) is 18.1 Å². The molecule has 4 saturated carbocycles. The maximum Gasteiger partial charge on any atom is 0.410 e. The van der Waals surface area contributed by atoms with Crippen molar-refractivity contribution in [3.05, 3.63) is 99.1 Å². The van der Waals surface area contributed by atoms with E-state index in [0.717, 1.165) is 106 Å². The number of carbonyl (C=O) groups excluding carboxylic acids is 9. The first-order chi connectivity index (χ1) is 42.9. The van der Waals surface area contributed by atoms with E-state index in [9.17, 15) is 43.2 Å². The normalized spacial score (nSPS) is 23.4. The van der Waals surface area contributed by atoms with Crippen LogP contribution < -0.4 is 37.4 Å². The molecule has 6 aliphatic rings. The number of rotatable bonds is 24. The molecule has 3 radical (unpaired) electrons. The van der Waals surface area contributed by atoms with Crippen molar-refractivity contribution < 1.29 is 146 Å². The van der Waals surface area contributed by atoms with Gasteiger partial charge in [-0.05, 0) is 124 Å². The molecule has 0 aromatic heterocycles. The molecule has 0 spiro atoms. The van der Waals surface area contributed by atoms with Crippen LogP contribution in [0.5, 0.6) is 0 Å². The van der Waals surface area contributed by atoms with Crippen LogP contribution in [0.15, 0.2) is 58.7 Å². The van der Waals surface area contributed by atoms with E-state index in [1.165, 1.54) is 11.1 Å². The number of fused-ring (bicyclic) bond motifs is 3. The molecule has 1 aliphatic heterocycles. The Morgan fingerprint density at radius 2 is 0.907 bits per heavy atom. The number of aldehydes is 1. The summed E-state index contributed by atoms with van der Waals surface area (Å²) < 4.78 is 5.79. The van der Waals surface area contributed by atoms with Crippen molar-refractivity contribution in [2.45, 2.75) is 226 Å². The third-order valence-electron chi connectivity index (χ3n) is 18.5. The molecular weight excluding hydrogens is 1460 g/mol. The van der Waals surface area contributed by atoms with E-state index in [0.29, 0.717) is 81.4 Å². The Labute approximate surface area is 656 Å². The van der Waals surface area contributed by atoms with Crippen molar-refractivity contribution in [3.63, 3.8) is 0 Å². The Kier molecular flexibility index (Phi) is 51.6. The summed E-state index contributed by atoms with van der Waals surface area (Å²) in [7, 11) is 0. The first-order valence-corrected chi connectivity index (χ1v) is 32.7. The summed E-state index contributed by atoms with van der Waals surface area (Å²) in [5, 5.41) is 22.2. The van der Waals surface area contributed by atoms with E-state index >= 15 is 0 Å². The Balaban J connectivity index is -0.00000149. The van der Waals surface area contributed by atoms with Crippen molar-refractivity contribution in [1.29, 1.82) is 0 Å². The van der Waals surface area contributed by atoms with Crippen molar-refractivity contribution in [3.8, 4) is 11.1 Å². The number of Topliss-reactive ketones (excluding diaryl/α,β-unsaturated/α-hetero) is 2. The average Bonchev–Trinajstić information content (AvgIpc) is 1.62. The Bertz CT molecular complexity index is 2710. The molecule has 9 atom stereocenters. The summed E-state index contributed by atoms with van der Waals surface area (Å²) in [5.41, 5.74) is 32.9. The maximum absolute atomic E-state index is 13.3. The Morgan fingerprint density at radius 3 is 1.28 bits per heavy atom. The summed E-state index contributed by atoms with van der Waals surface area (Å²) in [4.78, 5) is 110. The second-order valence-electron chi connectivity index (χ2n) is 24.8. The number of hydrazone groups is 2. The number of ketones is 2. The molecular formula is C71H115N13O10Y3-6. The summed E-state index contributed by atoms with van der Waals surface area (Å²) in [5.74, 6) is 1.07. The molecule has 5 fully saturated rings. The van der Waals surface area contributed by atoms with Crippen molar-refractivity contribution in [2.24, 2.45) is 45.7 Å². The minimum atomic E-state index is -0.834. The average molecular weight is 1580 g/mol. The predicted molar refractivity (Wildman–Crippen MR) is 376 cm³/mol. The predicted octanol–water partition coefficient (Wildman–Crippen LogP) is 12.5. The third kappa shape index (κ3) is 31.1. The number of benzene rings is 2. The molecule has 8 rings (SSSR count). The molecule has 10 N–H and O–H groups in total. The van der Waals surface area contributed by atoms with E-state index in [1.54, 1.807) is 6.21 Å². The van der Waals surface area contributed by atoms with Gasteiger partial charge in [0.15, 0.2) is 0 Å². The molecule has 26 heteroatoms. The second kappa shape index (κ2) is 51.4. The number of nitrogens with zero attached hydrogens (tertiary/aromatic N) is 3. The van der Waals surface area contributed by atoms with E-state index in [-0.39, 0.29) is 232 Å². The number of amides is 8. The number of carbonyl (C=O) groups is 9. The second-order valence-corrected chi connectivity index (χ2v) is 24.8. The largest absolute Gasteiger partial charge is 0.675 e. The van der Waals surface area contributed by atoms with Crippen molar-refractivity contribution >= 4 is 66.2 Å². The molecule has 8 amide bonds. The van der Waals surface area contributed by atoms with Crippen LogP contribution in [0.25, 0.3) is 28.3 Å². The van der Waals surface area contributed by atoms with Crippen LogP contribution in [0.1, 0.15) is 195 Å². The maximum atomic E-state index is 13.3. The summed E-state index contributed by atoms with van der Waals surface area (Å²) >= 11 is 0.